The minimum atomic E-state index is -0.732. The van der Waals surface area contributed by atoms with Gasteiger partial charge in [-0.2, -0.15) is 0 Å². The van der Waals surface area contributed by atoms with Crippen LogP contribution in [0.5, 0.6) is 5.75 Å². The monoisotopic (exact) mass is 247 g/mol. The van der Waals surface area contributed by atoms with Crippen LogP contribution >= 0.6 is 0 Å². The van der Waals surface area contributed by atoms with Crippen molar-refractivity contribution in [1.82, 2.24) is 5.32 Å². The normalized spacial score (nSPS) is 31.1. The number of aliphatic hydroxyl groups is 1. The van der Waals surface area contributed by atoms with E-state index in [0.717, 1.165) is 25.1 Å². The molecule has 0 amide bonds. The Balaban J connectivity index is 1.76. The number of nitrogens with one attached hydrogen (secondary N) is 1. The molecule has 0 saturated carbocycles. The van der Waals surface area contributed by atoms with Crippen LogP contribution in [0, 0.1) is 0 Å². The zero-order valence-electron chi connectivity index (χ0n) is 10.9. The van der Waals surface area contributed by atoms with Gasteiger partial charge in [0.05, 0.1) is 0 Å². The van der Waals surface area contributed by atoms with Gasteiger partial charge in [-0.3, -0.25) is 0 Å². The molecule has 1 aliphatic heterocycles. The van der Waals surface area contributed by atoms with Crippen molar-refractivity contribution in [2.45, 2.75) is 44.3 Å². The van der Waals surface area contributed by atoms with Gasteiger partial charge in [-0.1, -0.05) is 6.07 Å². The van der Waals surface area contributed by atoms with Crippen molar-refractivity contribution in [2.75, 3.05) is 13.1 Å². The fourth-order valence-electron chi connectivity index (χ4n) is 2.91. The molecule has 98 valence electrons. The van der Waals surface area contributed by atoms with Crippen molar-refractivity contribution in [1.29, 1.82) is 0 Å². The van der Waals surface area contributed by atoms with Crippen LogP contribution in [0.1, 0.15) is 30.9 Å². The van der Waals surface area contributed by atoms with Gasteiger partial charge in [0.1, 0.15) is 17.5 Å². The highest BCUT2D eigenvalue weighted by molar-refractivity contribution is 5.38. The van der Waals surface area contributed by atoms with Crippen LogP contribution < -0.4 is 10.1 Å². The quantitative estimate of drug-likeness (QED) is 0.835. The van der Waals surface area contributed by atoms with E-state index in [4.69, 9.17) is 4.74 Å². The number of piperidine rings is 1. The molecular formula is C15H21NO2. The molecule has 1 aliphatic carbocycles. The highest BCUT2D eigenvalue weighted by atomic mass is 16.5. The van der Waals surface area contributed by atoms with Gasteiger partial charge >= 0.3 is 0 Å². The molecular weight excluding hydrogens is 226 g/mol. The predicted octanol–water partition coefficient (Wildman–Crippen LogP) is 1.67. The Morgan fingerprint density at radius 2 is 2.17 bits per heavy atom. The Labute approximate surface area is 108 Å². The number of benzene rings is 1. The molecule has 2 N–H and O–H groups in total. The summed E-state index contributed by atoms with van der Waals surface area (Å²) in [6, 6.07) is 6.35. The van der Waals surface area contributed by atoms with Gasteiger partial charge in [-0.05, 0) is 62.4 Å². The van der Waals surface area contributed by atoms with E-state index < -0.39 is 5.60 Å². The number of fused-ring (bicyclic) bond motifs is 1. The van der Waals surface area contributed by atoms with Crippen LogP contribution in [0.25, 0.3) is 0 Å². The molecule has 18 heavy (non-hydrogen) atoms. The molecule has 1 fully saturated rings. The van der Waals surface area contributed by atoms with E-state index >= 15 is 0 Å². The molecule has 2 unspecified atom stereocenters. The first kappa shape index (κ1) is 12.0. The molecule has 3 nitrogen and oxygen atoms in total. The lowest BCUT2D eigenvalue weighted by atomic mass is 9.92. The number of hydrogen-bond donors (Lipinski definition) is 2. The minimum absolute atomic E-state index is 0.161. The van der Waals surface area contributed by atoms with Crippen LogP contribution in [0.2, 0.25) is 0 Å². The molecule has 1 heterocycles. The van der Waals surface area contributed by atoms with Crippen molar-refractivity contribution in [3.8, 4) is 5.75 Å². The van der Waals surface area contributed by atoms with E-state index in [9.17, 15) is 5.11 Å². The minimum Gasteiger partial charge on any atom is -0.486 e. The summed E-state index contributed by atoms with van der Waals surface area (Å²) in [5, 5.41) is 13.6. The number of aryl methyl sites for hydroxylation is 2. The van der Waals surface area contributed by atoms with Crippen LogP contribution in [0.3, 0.4) is 0 Å². The Kier molecular flexibility index (Phi) is 3.04. The lowest BCUT2D eigenvalue weighted by Gasteiger charge is -2.37. The molecule has 0 radical (unpaired) electrons. The number of hydrogen-bond acceptors (Lipinski definition) is 3. The predicted molar refractivity (Wildman–Crippen MR) is 71.0 cm³/mol. The zero-order chi connectivity index (χ0) is 12.6. The standard InChI is InChI=1S/C15H21NO2/c1-15(17)7-8-16-10-14(15)18-13-6-5-11-3-2-4-12(11)9-13/h5-6,9,14,16-17H,2-4,7-8,10H2,1H3. The highest BCUT2D eigenvalue weighted by Gasteiger charge is 2.36. The summed E-state index contributed by atoms with van der Waals surface area (Å²) < 4.78 is 5.98. The second-order valence-corrected chi connectivity index (χ2v) is 5.70. The largest absolute Gasteiger partial charge is 0.486 e. The molecule has 2 aliphatic rings. The van der Waals surface area contributed by atoms with Crippen LogP contribution in [-0.2, 0) is 12.8 Å². The van der Waals surface area contributed by atoms with Gasteiger partial charge in [0.15, 0.2) is 0 Å². The summed E-state index contributed by atoms with van der Waals surface area (Å²) in [5.74, 6) is 0.893. The van der Waals surface area contributed by atoms with Gasteiger partial charge in [0.2, 0.25) is 0 Å². The van der Waals surface area contributed by atoms with Gasteiger partial charge in [0, 0.05) is 6.54 Å². The molecule has 1 aromatic carbocycles. The summed E-state index contributed by atoms with van der Waals surface area (Å²) in [6.45, 7) is 3.44. The maximum absolute atomic E-state index is 10.3. The average Bonchev–Trinajstić information content (AvgIpc) is 2.79. The van der Waals surface area contributed by atoms with E-state index in [1.54, 1.807) is 0 Å². The molecule has 2 atom stereocenters. The van der Waals surface area contributed by atoms with Gasteiger partial charge in [0.25, 0.3) is 0 Å². The third-order valence-electron chi connectivity index (χ3n) is 4.18. The maximum atomic E-state index is 10.3. The van der Waals surface area contributed by atoms with Crippen LogP contribution in [0.15, 0.2) is 18.2 Å². The Morgan fingerprint density at radius 1 is 1.33 bits per heavy atom. The average molecular weight is 247 g/mol. The van der Waals surface area contributed by atoms with Crippen molar-refractivity contribution < 1.29 is 9.84 Å². The summed E-state index contributed by atoms with van der Waals surface area (Å²) >= 11 is 0. The van der Waals surface area contributed by atoms with E-state index in [0.29, 0.717) is 6.54 Å². The molecule has 3 heteroatoms. The van der Waals surface area contributed by atoms with Crippen LogP contribution in [0.4, 0.5) is 0 Å². The smallest absolute Gasteiger partial charge is 0.139 e. The fourth-order valence-corrected chi connectivity index (χ4v) is 2.91. The lowest BCUT2D eigenvalue weighted by Crippen LogP contribution is -2.55. The fraction of sp³-hybridized carbons (Fsp3) is 0.600. The van der Waals surface area contributed by atoms with Gasteiger partial charge in [-0.15, -0.1) is 0 Å². The van der Waals surface area contributed by atoms with Crippen molar-refractivity contribution >= 4 is 0 Å². The van der Waals surface area contributed by atoms with Crippen LogP contribution in [-0.4, -0.2) is 29.9 Å². The Bertz CT molecular complexity index is 442. The number of rotatable bonds is 2. The topological polar surface area (TPSA) is 41.5 Å². The zero-order valence-corrected chi connectivity index (χ0v) is 10.9. The van der Waals surface area contributed by atoms with E-state index in [2.05, 4.69) is 17.4 Å². The summed E-state index contributed by atoms with van der Waals surface area (Å²) in [7, 11) is 0. The molecule has 3 rings (SSSR count). The van der Waals surface area contributed by atoms with E-state index in [1.807, 2.05) is 13.0 Å². The molecule has 1 saturated heterocycles. The molecule has 0 spiro atoms. The molecule has 0 bridgehead atoms. The summed E-state index contributed by atoms with van der Waals surface area (Å²) in [4.78, 5) is 0. The Hall–Kier alpha value is -1.06. The van der Waals surface area contributed by atoms with Gasteiger partial charge < -0.3 is 15.2 Å². The first-order valence-corrected chi connectivity index (χ1v) is 6.87. The first-order valence-electron chi connectivity index (χ1n) is 6.87. The Morgan fingerprint density at radius 3 is 3.00 bits per heavy atom. The third-order valence-corrected chi connectivity index (χ3v) is 4.18. The SMILES string of the molecule is CC1(O)CCNCC1Oc1ccc2c(c1)CCC2. The summed E-state index contributed by atoms with van der Waals surface area (Å²) in [5.41, 5.74) is 2.14. The summed E-state index contributed by atoms with van der Waals surface area (Å²) in [6.07, 6.45) is 4.18. The lowest BCUT2D eigenvalue weighted by molar-refractivity contribution is -0.0658. The van der Waals surface area contributed by atoms with Crippen molar-refractivity contribution in [3.63, 3.8) is 0 Å². The molecule has 1 aromatic rings. The molecule has 0 aromatic heterocycles. The highest BCUT2D eigenvalue weighted by Crippen LogP contribution is 2.28. The first-order chi connectivity index (χ1) is 8.65. The van der Waals surface area contributed by atoms with Gasteiger partial charge in [-0.25, -0.2) is 0 Å². The third kappa shape index (κ3) is 2.25. The van der Waals surface area contributed by atoms with Crippen molar-refractivity contribution in [3.05, 3.63) is 29.3 Å². The second kappa shape index (κ2) is 4.56. The van der Waals surface area contributed by atoms with E-state index in [-0.39, 0.29) is 6.10 Å². The second-order valence-electron chi connectivity index (χ2n) is 5.70. The number of ether oxygens (including phenoxy) is 1. The maximum Gasteiger partial charge on any atom is 0.139 e. The van der Waals surface area contributed by atoms with E-state index in [1.165, 1.54) is 24.0 Å². The van der Waals surface area contributed by atoms with Crippen molar-refractivity contribution in [2.24, 2.45) is 0 Å².